The molecule has 24 heavy (non-hydrogen) atoms. The van der Waals surface area contributed by atoms with Crippen LogP contribution in [0.25, 0.3) is 0 Å². The SMILES string of the molecule is Cc1ccc(CC(C#N)Sc2nnnn2Cc2ccccc2)cc1. The summed E-state index contributed by atoms with van der Waals surface area (Å²) in [6.45, 7) is 2.65. The molecule has 2 aromatic carbocycles. The average Bonchev–Trinajstić information content (AvgIpc) is 3.04. The van der Waals surface area contributed by atoms with Crippen molar-refractivity contribution in [2.24, 2.45) is 0 Å². The summed E-state index contributed by atoms with van der Waals surface area (Å²) in [7, 11) is 0. The normalized spacial score (nSPS) is 11.8. The van der Waals surface area contributed by atoms with Crippen LogP contribution in [0.15, 0.2) is 59.8 Å². The Labute approximate surface area is 145 Å². The predicted octanol–water partition coefficient (Wildman–Crippen LogP) is 3.26. The number of aromatic nitrogens is 4. The molecule has 1 atom stereocenters. The molecule has 1 aromatic heterocycles. The topological polar surface area (TPSA) is 67.4 Å². The van der Waals surface area contributed by atoms with Crippen molar-refractivity contribution < 1.29 is 0 Å². The van der Waals surface area contributed by atoms with Gasteiger partial charge in [-0.3, -0.25) is 0 Å². The molecule has 0 aliphatic heterocycles. The van der Waals surface area contributed by atoms with E-state index in [1.165, 1.54) is 17.3 Å². The van der Waals surface area contributed by atoms with Gasteiger partial charge in [-0.1, -0.05) is 71.9 Å². The maximum absolute atomic E-state index is 9.47. The number of rotatable bonds is 6. The summed E-state index contributed by atoms with van der Waals surface area (Å²) in [5.41, 5.74) is 3.48. The van der Waals surface area contributed by atoms with E-state index in [2.05, 4.69) is 52.8 Å². The van der Waals surface area contributed by atoms with Crippen LogP contribution in [0.2, 0.25) is 0 Å². The van der Waals surface area contributed by atoms with Crippen LogP contribution in [0.3, 0.4) is 0 Å². The molecule has 6 heteroatoms. The van der Waals surface area contributed by atoms with Crippen molar-refractivity contribution in [3.63, 3.8) is 0 Å². The zero-order valence-corrected chi connectivity index (χ0v) is 14.1. The van der Waals surface area contributed by atoms with Gasteiger partial charge < -0.3 is 0 Å². The Hall–Kier alpha value is -2.65. The lowest BCUT2D eigenvalue weighted by molar-refractivity contribution is 0.602. The van der Waals surface area contributed by atoms with Crippen LogP contribution >= 0.6 is 11.8 Å². The molecular weight excluding hydrogens is 318 g/mol. The fourth-order valence-corrected chi connectivity index (χ4v) is 3.20. The minimum absolute atomic E-state index is 0.228. The fraction of sp³-hybridized carbons (Fsp3) is 0.222. The molecular formula is C18H17N5S. The van der Waals surface area contributed by atoms with Crippen LogP contribution in [0, 0.1) is 18.3 Å². The van der Waals surface area contributed by atoms with Gasteiger partial charge in [-0.25, -0.2) is 4.68 Å². The third-order valence-electron chi connectivity index (χ3n) is 3.61. The number of nitrogens with zero attached hydrogens (tertiary/aromatic N) is 5. The van der Waals surface area contributed by atoms with Crippen molar-refractivity contribution in [2.75, 3.05) is 0 Å². The summed E-state index contributed by atoms with van der Waals surface area (Å²) in [4.78, 5) is 0. The van der Waals surface area contributed by atoms with Gasteiger partial charge >= 0.3 is 0 Å². The van der Waals surface area contributed by atoms with Gasteiger partial charge in [-0.15, -0.1) is 5.10 Å². The molecule has 3 rings (SSSR count). The molecule has 0 amide bonds. The molecule has 0 aliphatic rings. The second-order valence-electron chi connectivity index (χ2n) is 5.53. The smallest absolute Gasteiger partial charge is 0.210 e. The van der Waals surface area contributed by atoms with Gasteiger partial charge in [0.1, 0.15) is 5.25 Å². The lowest BCUT2D eigenvalue weighted by atomic mass is 10.1. The monoisotopic (exact) mass is 335 g/mol. The van der Waals surface area contributed by atoms with Gasteiger partial charge in [-0.2, -0.15) is 5.26 Å². The summed E-state index contributed by atoms with van der Waals surface area (Å²) in [6, 6.07) is 20.6. The van der Waals surface area contributed by atoms with Crippen LogP contribution < -0.4 is 0 Å². The first-order chi connectivity index (χ1) is 11.7. The Bertz CT molecular complexity index is 821. The highest BCUT2D eigenvalue weighted by molar-refractivity contribution is 8.00. The van der Waals surface area contributed by atoms with E-state index in [0.717, 1.165) is 11.1 Å². The number of hydrogen-bond acceptors (Lipinski definition) is 5. The van der Waals surface area contributed by atoms with Gasteiger partial charge in [0.15, 0.2) is 0 Å². The lowest BCUT2D eigenvalue weighted by Crippen LogP contribution is -2.09. The number of hydrogen-bond donors (Lipinski definition) is 0. The first-order valence-electron chi connectivity index (χ1n) is 7.66. The number of benzene rings is 2. The molecule has 0 aliphatic carbocycles. The van der Waals surface area contributed by atoms with Gasteiger partial charge in [0.2, 0.25) is 5.16 Å². The molecule has 1 heterocycles. The molecule has 0 bridgehead atoms. The quantitative estimate of drug-likeness (QED) is 0.647. The number of tetrazole rings is 1. The van der Waals surface area contributed by atoms with Crippen LogP contribution in [-0.2, 0) is 13.0 Å². The van der Waals surface area contributed by atoms with E-state index in [9.17, 15) is 5.26 Å². The summed E-state index contributed by atoms with van der Waals surface area (Å²) >= 11 is 1.41. The Kier molecular flexibility index (Phi) is 5.24. The van der Waals surface area contributed by atoms with Crippen molar-refractivity contribution in [3.05, 3.63) is 71.3 Å². The minimum Gasteiger partial charge on any atom is -0.216 e. The highest BCUT2D eigenvalue weighted by Gasteiger charge is 2.16. The van der Waals surface area contributed by atoms with E-state index in [4.69, 9.17) is 0 Å². The number of thioether (sulfide) groups is 1. The molecule has 0 fully saturated rings. The molecule has 120 valence electrons. The van der Waals surface area contributed by atoms with Gasteiger partial charge in [0.05, 0.1) is 12.6 Å². The van der Waals surface area contributed by atoms with Crippen molar-refractivity contribution in [2.45, 2.75) is 30.3 Å². The highest BCUT2D eigenvalue weighted by atomic mass is 32.2. The summed E-state index contributed by atoms with van der Waals surface area (Å²) in [5, 5.41) is 21.8. The Balaban J connectivity index is 1.69. The van der Waals surface area contributed by atoms with Gasteiger partial charge in [-0.05, 0) is 34.9 Å². The van der Waals surface area contributed by atoms with Crippen molar-refractivity contribution in [3.8, 4) is 6.07 Å². The van der Waals surface area contributed by atoms with Crippen LogP contribution in [0.5, 0.6) is 0 Å². The number of nitriles is 1. The van der Waals surface area contributed by atoms with E-state index in [1.807, 2.05) is 30.3 Å². The Morgan fingerprint density at radius 2 is 1.83 bits per heavy atom. The molecule has 5 nitrogen and oxygen atoms in total. The van der Waals surface area contributed by atoms with Crippen LogP contribution in [0.4, 0.5) is 0 Å². The molecule has 1 unspecified atom stereocenters. The maximum atomic E-state index is 9.47. The van der Waals surface area contributed by atoms with E-state index >= 15 is 0 Å². The standard InChI is InChI=1S/C18H17N5S/c1-14-7-9-15(10-8-14)11-17(12-19)24-18-20-21-22-23(18)13-16-5-3-2-4-6-16/h2-10,17H,11,13H2,1H3. The molecule has 0 saturated heterocycles. The first kappa shape index (κ1) is 16.2. The summed E-state index contributed by atoms with van der Waals surface area (Å²) < 4.78 is 1.74. The largest absolute Gasteiger partial charge is 0.216 e. The zero-order valence-electron chi connectivity index (χ0n) is 13.3. The van der Waals surface area contributed by atoms with Crippen LogP contribution in [0.1, 0.15) is 16.7 Å². The van der Waals surface area contributed by atoms with Crippen LogP contribution in [-0.4, -0.2) is 25.5 Å². The number of aryl methyl sites for hydroxylation is 1. The van der Waals surface area contributed by atoms with E-state index in [0.29, 0.717) is 18.1 Å². The average molecular weight is 335 g/mol. The Morgan fingerprint density at radius 1 is 1.08 bits per heavy atom. The second kappa shape index (κ2) is 7.75. The third kappa shape index (κ3) is 4.21. The maximum Gasteiger partial charge on any atom is 0.210 e. The highest BCUT2D eigenvalue weighted by Crippen LogP contribution is 2.24. The first-order valence-corrected chi connectivity index (χ1v) is 8.54. The van der Waals surface area contributed by atoms with E-state index < -0.39 is 0 Å². The minimum atomic E-state index is -0.228. The lowest BCUT2D eigenvalue weighted by Gasteiger charge is -2.09. The fourth-order valence-electron chi connectivity index (χ4n) is 2.32. The second-order valence-corrected chi connectivity index (χ2v) is 6.70. The van der Waals surface area contributed by atoms with Gasteiger partial charge in [0.25, 0.3) is 0 Å². The zero-order chi connectivity index (χ0) is 16.8. The Morgan fingerprint density at radius 3 is 2.54 bits per heavy atom. The predicted molar refractivity (Wildman–Crippen MR) is 93.5 cm³/mol. The van der Waals surface area contributed by atoms with Crippen molar-refractivity contribution in [1.29, 1.82) is 5.26 Å². The van der Waals surface area contributed by atoms with Gasteiger partial charge in [0, 0.05) is 0 Å². The summed E-state index contributed by atoms with van der Waals surface area (Å²) in [6.07, 6.45) is 0.666. The van der Waals surface area contributed by atoms with Crippen molar-refractivity contribution >= 4 is 11.8 Å². The molecule has 0 saturated carbocycles. The van der Waals surface area contributed by atoms with Crippen molar-refractivity contribution in [1.82, 2.24) is 20.2 Å². The molecule has 0 N–H and O–H groups in total. The third-order valence-corrected chi connectivity index (χ3v) is 4.67. The molecule has 3 aromatic rings. The summed E-state index contributed by atoms with van der Waals surface area (Å²) in [5.74, 6) is 0. The molecule has 0 spiro atoms. The molecule has 0 radical (unpaired) electrons. The van der Waals surface area contributed by atoms with E-state index in [1.54, 1.807) is 4.68 Å². The van der Waals surface area contributed by atoms with E-state index in [-0.39, 0.29) is 5.25 Å².